The number of benzene rings is 2. The molecule has 0 aliphatic heterocycles. The summed E-state index contributed by atoms with van der Waals surface area (Å²) in [5.74, 6) is -0.942. The summed E-state index contributed by atoms with van der Waals surface area (Å²) >= 11 is 0. The van der Waals surface area contributed by atoms with Crippen LogP contribution in [0.1, 0.15) is 75.8 Å². The lowest BCUT2D eigenvalue weighted by Crippen LogP contribution is -2.38. The number of pyridine rings is 1. The van der Waals surface area contributed by atoms with E-state index >= 15 is 0 Å². The second-order valence-corrected chi connectivity index (χ2v) is 11.7. The number of hydrogen-bond donors (Lipinski definition) is 1. The van der Waals surface area contributed by atoms with Crippen LogP contribution in [0.25, 0.3) is 11.1 Å². The van der Waals surface area contributed by atoms with Gasteiger partial charge in [0.2, 0.25) is 0 Å². The summed E-state index contributed by atoms with van der Waals surface area (Å²) in [6.45, 7) is 10.5. The van der Waals surface area contributed by atoms with E-state index in [2.05, 4.69) is 44.8 Å². The molecule has 1 aromatic heterocycles. The number of fused-ring (bicyclic) bond motifs is 1. The van der Waals surface area contributed by atoms with E-state index in [4.69, 9.17) is 9.47 Å². The summed E-state index contributed by atoms with van der Waals surface area (Å²) in [6.07, 6.45) is 5.39. The van der Waals surface area contributed by atoms with Crippen molar-refractivity contribution in [3.05, 3.63) is 82.9 Å². The highest BCUT2D eigenvalue weighted by Gasteiger charge is 2.40. The van der Waals surface area contributed by atoms with E-state index in [9.17, 15) is 14.3 Å². The zero-order valence-electron chi connectivity index (χ0n) is 23.2. The normalized spacial score (nSPS) is 18.9. The van der Waals surface area contributed by atoms with Crippen molar-refractivity contribution in [2.24, 2.45) is 11.3 Å². The largest absolute Gasteiger partial charge is 0.489 e. The number of aryl methyl sites for hydroxylation is 1. The van der Waals surface area contributed by atoms with Crippen molar-refractivity contribution in [1.82, 2.24) is 4.98 Å². The molecule has 3 atom stereocenters. The van der Waals surface area contributed by atoms with Crippen LogP contribution in [0.3, 0.4) is 0 Å². The van der Waals surface area contributed by atoms with Crippen LogP contribution in [-0.4, -0.2) is 23.2 Å². The molecule has 1 aliphatic rings. The predicted molar refractivity (Wildman–Crippen MR) is 147 cm³/mol. The highest BCUT2D eigenvalue weighted by Crippen LogP contribution is 2.44. The lowest BCUT2D eigenvalue weighted by atomic mass is 9.64. The van der Waals surface area contributed by atoms with Crippen molar-refractivity contribution in [3.63, 3.8) is 0 Å². The van der Waals surface area contributed by atoms with Gasteiger partial charge in [0.1, 0.15) is 18.2 Å². The van der Waals surface area contributed by atoms with Crippen molar-refractivity contribution in [2.45, 2.75) is 72.0 Å². The number of ether oxygens (including phenoxy) is 2. The quantitative estimate of drug-likeness (QED) is 0.333. The molecule has 1 heterocycles. The lowest BCUT2D eigenvalue weighted by molar-refractivity contribution is -0.143. The summed E-state index contributed by atoms with van der Waals surface area (Å²) in [6, 6.07) is 13.6. The molecule has 0 saturated heterocycles. The van der Waals surface area contributed by atoms with Crippen molar-refractivity contribution in [1.29, 1.82) is 0 Å². The van der Waals surface area contributed by atoms with Crippen LogP contribution in [0, 0.1) is 17.2 Å². The predicted octanol–water partition coefficient (Wildman–Crippen LogP) is 7.52. The van der Waals surface area contributed by atoms with Gasteiger partial charge in [-0.15, -0.1) is 0 Å². The Hall–Kier alpha value is -3.25. The lowest BCUT2D eigenvalue weighted by Gasteiger charge is -2.39. The summed E-state index contributed by atoms with van der Waals surface area (Å²) in [5.41, 5.74) is 5.09. The summed E-state index contributed by atoms with van der Waals surface area (Å²) in [4.78, 5) is 15.9. The molecular formula is C32H38FNO4. The molecule has 38 heavy (non-hydrogen) atoms. The van der Waals surface area contributed by atoms with E-state index in [0.29, 0.717) is 17.9 Å². The molecule has 6 heteroatoms. The smallest absolute Gasteiger partial charge is 0.307 e. The molecule has 2 aromatic carbocycles. The van der Waals surface area contributed by atoms with Crippen molar-refractivity contribution >= 4 is 5.97 Å². The third kappa shape index (κ3) is 5.60. The van der Waals surface area contributed by atoms with E-state index in [1.807, 2.05) is 24.3 Å². The van der Waals surface area contributed by atoms with Crippen LogP contribution in [0.15, 0.2) is 54.9 Å². The van der Waals surface area contributed by atoms with Crippen LogP contribution < -0.4 is 4.74 Å². The van der Waals surface area contributed by atoms with Crippen LogP contribution in [0.4, 0.5) is 4.39 Å². The van der Waals surface area contributed by atoms with Gasteiger partial charge in [-0.2, -0.15) is 0 Å². The minimum atomic E-state index is -0.778. The van der Waals surface area contributed by atoms with E-state index in [-0.39, 0.29) is 17.3 Å². The highest BCUT2D eigenvalue weighted by molar-refractivity contribution is 5.72. The molecule has 4 rings (SSSR count). The first-order chi connectivity index (χ1) is 17.9. The van der Waals surface area contributed by atoms with Gasteiger partial charge in [0.05, 0.1) is 18.2 Å². The zero-order chi connectivity index (χ0) is 27.7. The Labute approximate surface area is 225 Å². The fraction of sp³-hybridized carbons (Fsp3) is 0.438. The molecule has 0 bridgehead atoms. The molecule has 0 radical (unpaired) electrons. The maximum Gasteiger partial charge on any atom is 0.307 e. The van der Waals surface area contributed by atoms with Gasteiger partial charge in [0.25, 0.3) is 0 Å². The first-order valence-corrected chi connectivity index (χ1v) is 13.2. The topological polar surface area (TPSA) is 68.7 Å². The van der Waals surface area contributed by atoms with Crippen LogP contribution in [0.2, 0.25) is 0 Å². The van der Waals surface area contributed by atoms with E-state index < -0.39 is 17.3 Å². The molecule has 0 saturated carbocycles. The summed E-state index contributed by atoms with van der Waals surface area (Å²) in [5, 5.41) is 9.75. The number of methoxy groups -OCH3 is 1. The number of aliphatic carboxylic acids is 1. The number of rotatable bonds is 8. The standard InChI is InChI=1S/C32H38FNO4/c1-20(30(35)36)32(5)13-7-8-22-10-11-25(16-28(22)32)38-19-21-9-12-26(23-15-24(33)18-34-17-23)27(14-21)29(37-6)31(2,3)4/h9-12,14-18,20,29H,7-8,13,19H2,1-6H3,(H,35,36)/t20?,29-,32-/m0/s1. The average Bonchev–Trinajstić information content (AvgIpc) is 2.87. The van der Waals surface area contributed by atoms with Crippen LogP contribution in [-0.2, 0) is 28.0 Å². The Morgan fingerprint density at radius 2 is 1.92 bits per heavy atom. The van der Waals surface area contributed by atoms with Crippen LogP contribution in [0.5, 0.6) is 5.75 Å². The van der Waals surface area contributed by atoms with E-state index in [1.54, 1.807) is 20.2 Å². The zero-order valence-corrected chi connectivity index (χ0v) is 23.2. The Morgan fingerprint density at radius 1 is 1.16 bits per heavy atom. The third-order valence-corrected chi connectivity index (χ3v) is 8.01. The van der Waals surface area contributed by atoms with E-state index in [1.165, 1.54) is 17.8 Å². The fourth-order valence-corrected chi connectivity index (χ4v) is 5.75. The van der Waals surface area contributed by atoms with Gasteiger partial charge < -0.3 is 14.6 Å². The van der Waals surface area contributed by atoms with Gasteiger partial charge in [-0.25, -0.2) is 4.39 Å². The first-order valence-electron chi connectivity index (χ1n) is 13.2. The Morgan fingerprint density at radius 3 is 2.58 bits per heavy atom. The van der Waals surface area contributed by atoms with Gasteiger partial charge in [0, 0.05) is 24.3 Å². The molecule has 0 spiro atoms. The first kappa shape index (κ1) is 27.8. The summed E-state index contributed by atoms with van der Waals surface area (Å²) < 4.78 is 26.2. The van der Waals surface area contributed by atoms with Gasteiger partial charge in [0.15, 0.2) is 0 Å². The molecule has 1 aliphatic carbocycles. The maximum atomic E-state index is 14.0. The number of hydrogen-bond acceptors (Lipinski definition) is 4. The number of nitrogens with zero attached hydrogens (tertiary/aromatic N) is 1. The molecule has 0 fully saturated rings. The van der Waals surface area contributed by atoms with E-state index in [0.717, 1.165) is 41.5 Å². The number of carbonyl (C=O) groups is 1. The molecule has 202 valence electrons. The minimum absolute atomic E-state index is 0.201. The summed E-state index contributed by atoms with van der Waals surface area (Å²) in [7, 11) is 1.69. The maximum absolute atomic E-state index is 14.0. The van der Waals surface area contributed by atoms with Crippen molar-refractivity contribution in [2.75, 3.05) is 7.11 Å². The minimum Gasteiger partial charge on any atom is -0.489 e. The van der Waals surface area contributed by atoms with Gasteiger partial charge in [-0.05, 0) is 76.8 Å². The number of halogens is 1. The Bertz CT molecular complexity index is 1320. The molecule has 5 nitrogen and oxygen atoms in total. The Balaban J connectivity index is 1.66. The average molecular weight is 520 g/mol. The molecule has 3 aromatic rings. The second-order valence-electron chi connectivity index (χ2n) is 11.7. The fourth-order valence-electron chi connectivity index (χ4n) is 5.75. The molecular weight excluding hydrogens is 481 g/mol. The molecule has 1 unspecified atom stereocenters. The third-order valence-electron chi connectivity index (χ3n) is 8.01. The monoisotopic (exact) mass is 519 g/mol. The van der Waals surface area contributed by atoms with Gasteiger partial charge >= 0.3 is 5.97 Å². The molecule has 0 amide bonds. The number of carboxylic acids is 1. The Kier molecular flexibility index (Phi) is 7.93. The second kappa shape index (κ2) is 10.9. The van der Waals surface area contributed by atoms with Crippen molar-refractivity contribution < 1.29 is 23.8 Å². The SMILES string of the molecule is CO[C@@H](c1cc(COc2ccc3c(c2)[C@](C)(C(C)C(=O)O)CCC3)ccc1-c1cncc(F)c1)C(C)(C)C. The van der Waals surface area contributed by atoms with Crippen molar-refractivity contribution in [3.8, 4) is 16.9 Å². The highest BCUT2D eigenvalue weighted by atomic mass is 19.1. The van der Waals surface area contributed by atoms with Crippen LogP contribution >= 0.6 is 0 Å². The number of carboxylic acid groups (broad SMARTS) is 1. The molecule has 1 N–H and O–H groups in total. The van der Waals surface area contributed by atoms with Gasteiger partial charge in [-0.1, -0.05) is 52.8 Å². The number of aromatic nitrogens is 1. The van der Waals surface area contributed by atoms with Gasteiger partial charge in [-0.3, -0.25) is 9.78 Å².